The molecule has 0 aromatic carbocycles. The van der Waals surface area contributed by atoms with Crippen molar-refractivity contribution in [2.45, 2.75) is 52.2 Å². The fourth-order valence-corrected chi connectivity index (χ4v) is 2.76. The van der Waals surface area contributed by atoms with Crippen molar-refractivity contribution >= 4 is 11.7 Å². The van der Waals surface area contributed by atoms with Crippen molar-refractivity contribution in [3.8, 4) is 0 Å². The summed E-state index contributed by atoms with van der Waals surface area (Å²) in [6.45, 7) is 8.86. The minimum Gasteiger partial charge on any atom is -0.357 e. The van der Waals surface area contributed by atoms with Crippen molar-refractivity contribution in [3.05, 3.63) is 23.9 Å². The molecule has 1 aliphatic rings. The van der Waals surface area contributed by atoms with Crippen molar-refractivity contribution in [1.29, 1.82) is 0 Å². The molecule has 0 unspecified atom stereocenters. The number of hydrogen-bond donors (Lipinski definition) is 1. The van der Waals surface area contributed by atoms with Crippen LogP contribution in [0.4, 0.5) is 5.82 Å². The van der Waals surface area contributed by atoms with E-state index in [0.717, 1.165) is 43.9 Å². The summed E-state index contributed by atoms with van der Waals surface area (Å²) in [7, 11) is 2.05. The standard InChI is InChI=1S/C17H28N4O/c1-5-6-15-17(22)18-9-10-21(15)12-14-7-8-16(19-11-14)20(4)13(2)3/h7-8,11,13,15H,5-6,9-10,12H2,1-4H3,(H,18,22)/t15-/m1/s1. The molecule has 122 valence electrons. The second-order valence-corrected chi connectivity index (χ2v) is 6.30. The van der Waals surface area contributed by atoms with E-state index in [-0.39, 0.29) is 11.9 Å². The number of amides is 1. The van der Waals surface area contributed by atoms with Crippen molar-refractivity contribution < 1.29 is 4.79 Å². The fraction of sp³-hybridized carbons (Fsp3) is 0.647. The van der Waals surface area contributed by atoms with Crippen LogP contribution in [0.25, 0.3) is 0 Å². The zero-order valence-electron chi connectivity index (χ0n) is 14.2. The van der Waals surface area contributed by atoms with Crippen LogP contribution in [0.5, 0.6) is 0 Å². The van der Waals surface area contributed by atoms with Crippen LogP contribution in [0.2, 0.25) is 0 Å². The minimum atomic E-state index is -0.00300. The van der Waals surface area contributed by atoms with E-state index < -0.39 is 0 Å². The quantitative estimate of drug-likeness (QED) is 0.873. The molecule has 1 amide bonds. The summed E-state index contributed by atoms with van der Waals surface area (Å²) in [5.41, 5.74) is 1.16. The molecular weight excluding hydrogens is 276 g/mol. The van der Waals surface area contributed by atoms with E-state index in [1.807, 2.05) is 6.20 Å². The molecule has 0 bridgehead atoms. The third kappa shape index (κ3) is 3.97. The predicted octanol–water partition coefficient (Wildman–Crippen LogP) is 2.03. The molecule has 2 heterocycles. The Kier molecular flexibility index (Phi) is 5.77. The van der Waals surface area contributed by atoms with Gasteiger partial charge in [-0.25, -0.2) is 4.98 Å². The van der Waals surface area contributed by atoms with Crippen LogP contribution in [-0.4, -0.2) is 48.0 Å². The molecule has 22 heavy (non-hydrogen) atoms. The number of nitrogens with zero attached hydrogens (tertiary/aromatic N) is 3. The number of anilines is 1. The molecule has 5 nitrogen and oxygen atoms in total. The lowest BCUT2D eigenvalue weighted by atomic mass is 10.1. The second-order valence-electron chi connectivity index (χ2n) is 6.30. The molecule has 0 saturated carbocycles. The molecule has 1 fully saturated rings. The zero-order valence-corrected chi connectivity index (χ0v) is 14.2. The lowest BCUT2D eigenvalue weighted by Crippen LogP contribution is -2.54. The highest BCUT2D eigenvalue weighted by molar-refractivity contribution is 5.82. The molecule has 1 atom stereocenters. The highest BCUT2D eigenvalue weighted by Gasteiger charge is 2.28. The maximum Gasteiger partial charge on any atom is 0.237 e. The van der Waals surface area contributed by atoms with Gasteiger partial charge in [-0.3, -0.25) is 9.69 Å². The molecule has 2 rings (SSSR count). The SMILES string of the molecule is CCC[C@@H]1C(=O)NCCN1Cc1ccc(N(C)C(C)C)nc1. The smallest absolute Gasteiger partial charge is 0.237 e. The lowest BCUT2D eigenvalue weighted by Gasteiger charge is -2.35. The van der Waals surface area contributed by atoms with Gasteiger partial charge in [0.15, 0.2) is 0 Å². The van der Waals surface area contributed by atoms with Gasteiger partial charge in [0, 0.05) is 38.9 Å². The van der Waals surface area contributed by atoms with E-state index in [9.17, 15) is 4.79 Å². The average Bonchev–Trinajstić information content (AvgIpc) is 2.51. The van der Waals surface area contributed by atoms with E-state index in [1.165, 1.54) is 0 Å². The summed E-state index contributed by atoms with van der Waals surface area (Å²) in [4.78, 5) is 21.0. The molecule has 0 spiro atoms. The van der Waals surface area contributed by atoms with Gasteiger partial charge in [-0.15, -0.1) is 0 Å². The second kappa shape index (κ2) is 7.58. The first kappa shape index (κ1) is 16.7. The first-order chi connectivity index (χ1) is 10.5. The van der Waals surface area contributed by atoms with Crippen LogP contribution in [0.1, 0.15) is 39.2 Å². The Bertz CT molecular complexity index is 486. The number of piperazine rings is 1. The Labute approximate surface area is 133 Å². The first-order valence-corrected chi connectivity index (χ1v) is 8.22. The van der Waals surface area contributed by atoms with Crippen LogP contribution >= 0.6 is 0 Å². The number of rotatable bonds is 6. The fourth-order valence-electron chi connectivity index (χ4n) is 2.76. The van der Waals surface area contributed by atoms with E-state index in [0.29, 0.717) is 6.04 Å². The minimum absolute atomic E-state index is 0.00300. The van der Waals surface area contributed by atoms with Gasteiger partial charge in [0.2, 0.25) is 5.91 Å². The molecule has 0 aliphatic carbocycles. The number of pyridine rings is 1. The monoisotopic (exact) mass is 304 g/mol. The van der Waals surface area contributed by atoms with Gasteiger partial charge in [0.05, 0.1) is 6.04 Å². The third-order valence-corrected chi connectivity index (χ3v) is 4.33. The van der Waals surface area contributed by atoms with Gasteiger partial charge >= 0.3 is 0 Å². The van der Waals surface area contributed by atoms with E-state index in [1.54, 1.807) is 0 Å². The van der Waals surface area contributed by atoms with Crippen LogP contribution in [0.3, 0.4) is 0 Å². The van der Waals surface area contributed by atoms with Crippen molar-refractivity contribution in [1.82, 2.24) is 15.2 Å². The highest BCUT2D eigenvalue weighted by atomic mass is 16.2. The van der Waals surface area contributed by atoms with Gasteiger partial charge in [-0.2, -0.15) is 0 Å². The average molecular weight is 304 g/mol. The van der Waals surface area contributed by atoms with Crippen molar-refractivity contribution in [3.63, 3.8) is 0 Å². The van der Waals surface area contributed by atoms with Crippen molar-refractivity contribution in [2.75, 3.05) is 25.0 Å². The summed E-state index contributed by atoms with van der Waals surface area (Å²) in [6, 6.07) is 4.61. The summed E-state index contributed by atoms with van der Waals surface area (Å²) >= 11 is 0. The zero-order chi connectivity index (χ0) is 16.1. The molecule has 1 aliphatic heterocycles. The largest absolute Gasteiger partial charge is 0.357 e. The Hall–Kier alpha value is -1.62. The summed E-state index contributed by atoms with van der Waals surface area (Å²) in [5.74, 6) is 1.15. The maximum atomic E-state index is 12.0. The van der Waals surface area contributed by atoms with Gasteiger partial charge < -0.3 is 10.2 Å². The summed E-state index contributed by atoms with van der Waals surface area (Å²) in [5, 5.41) is 2.97. The van der Waals surface area contributed by atoms with Gasteiger partial charge in [-0.1, -0.05) is 19.4 Å². The Balaban J connectivity index is 2.04. The maximum absolute atomic E-state index is 12.0. The molecule has 1 N–H and O–H groups in total. The van der Waals surface area contributed by atoms with E-state index in [2.05, 4.69) is 60.1 Å². The van der Waals surface area contributed by atoms with Crippen LogP contribution < -0.4 is 10.2 Å². The normalized spacial score (nSPS) is 19.3. The Morgan fingerprint density at radius 2 is 2.23 bits per heavy atom. The molecule has 1 aromatic heterocycles. The third-order valence-electron chi connectivity index (χ3n) is 4.33. The van der Waals surface area contributed by atoms with E-state index >= 15 is 0 Å². The molecule has 1 saturated heterocycles. The molecular formula is C17H28N4O. The number of carbonyl (C=O) groups is 1. The summed E-state index contributed by atoms with van der Waals surface area (Å²) < 4.78 is 0. The topological polar surface area (TPSA) is 48.5 Å². The lowest BCUT2D eigenvalue weighted by molar-refractivity contribution is -0.129. The van der Waals surface area contributed by atoms with Crippen molar-refractivity contribution in [2.24, 2.45) is 0 Å². The van der Waals surface area contributed by atoms with Gasteiger partial charge in [-0.05, 0) is 31.9 Å². The Morgan fingerprint density at radius 1 is 1.45 bits per heavy atom. The Morgan fingerprint density at radius 3 is 2.82 bits per heavy atom. The highest BCUT2D eigenvalue weighted by Crippen LogP contribution is 2.17. The van der Waals surface area contributed by atoms with E-state index in [4.69, 9.17) is 0 Å². The van der Waals surface area contributed by atoms with Gasteiger partial charge in [0.25, 0.3) is 0 Å². The first-order valence-electron chi connectivity index (χ1n) is 8.22. The number of hydrogen-bond acceptors (Lipinski definition) is 4. The number of nitrogens with one attached hydrogen (secondary N) is 1. The predicted molar refractivity (Wildman–Crippen MR) is 89.9 cm³/mol. The number of aromatic nitrogens is 1. The number of carbonyl (C=O) groups excluding carboxylic acids is 1. The van der Waals surface area contributed by atoms with Crippen LogP contribution in [-0.2, 0) is 11.3 Å². The summed E-state index contributed by atoms with van der Waals surface area (Å²) in [6.07, 6.45) is 3.86. The van der Waals surface area contributed by atoms with Gasteiger partial charge in [0.1, 0.15) is 5.82 Å². The molecule has 0 radical (unpaired) electrons. The van der Waals surface area contributed by atoms with Crippen LogP contribution in [0.15, 0.2) is 18.3 Å². The van der Waals surface area contributed by atoms with Crippen LogP contribution in [0, 0.1) is 0 Å². The molecule has 5 heteroatoms. The molecule has 1 aromatic rings.